The Balaban J connectivity index is 3.34. The van der Waals surface area contributed by atoms with Gasteiger partial charge in [-0.3, -0.25) is 0 Å². The van der Waals surface area contributed by atoms with Gasteiger partial charge in [0, 0.05) is 4.57 Å². The first kappa shape index (κ1) is 9.02. The monoisotopic (exact) mass is 151 g/mol. The second-order valence-electron chi connectivity index (χ2n) is 1.73. The zero-order valence-corrected chi connectivity index (χ0v) is 6.85. The fourth-order valence-electron chi connectivity index (χ4n) is 0.264. The molecule has 0 amide bonds. The lowest BCUT2D eigenvalue weighted by molar-refractivity contribution is 0.188. The maximum Gasteiger partial charge on any atom is 0.697 e. The van der Waals surface area contributed by atoms with E-state index in [1.54, 1.807) is 0 Å². The van der Waals surface area contributed by atoms with Crippen LogP contribution in [0.25, 0.3) is 0 Å². The smallest absolute Gasteiger partial charge is 0.122 e. The van der Waals surface area contributed by atoms with Crippen LogP contribution in [0, 0.1) is 0 Å². The summed E-state index contributed by atoms with van der Waals surface area (Å²) in [4.78, 5) is 0. The Bertz CT molecular complexity index is 94.2. The summed E-state index contributed by atoms with van der Waals surface area (Å²) in [5.41, 5.74) is 0. The SMILES string of the molecule is CC[C@H](C)O[P+](=O)OC. The van der Waals surface area contributed by atoms with Crippen LogP contribution in [0.15, 0.2) is 0 Å². The van der Waals surface area contributed by atoms with Crippen LogP contribution in [0.1, 0.15) is 20.3 Å². The molecule has 0 aromatic rings. The lowest BCUT2D eigenvalue weighted by Gasteiger charge is -1.95. The van der Waals surface area contributed by atoms with Gasteiger partial charge in [0.05, 0.1) is 7.11 Å². The predicted octanol–water partition coefficient (Wildman–Crippen LogP) is 2.11. The zero-order chi connectivity index (χ0) is 7.28. The molecule has 0 aliphatic carbocycles. The quantitative estimate of drug-likeness (QED) is 0.577. The molecule has 0 saturated heterocycles. The van der Waals surface area contributed by atoms with Gasteiger partial charge < -0.3 is 0 Å². The molecule has 0 aliphatic heterocycles. The van der Waals surface area contributed by atoms with Crippen molar-refractivity contribution in [2.75, 3.05) is 7.11 Å². The van der Waals surface area contributed by atoms with E-state index in [0.717, 1.165) is 6.42 Å². The van der Waals surface area contributed by atoms with E-state index in [-0.39, 0.29) is 6.10 Å². The van der Waals surface area contributed by atoms with Crippen LogP contribution in [0.2, 0.25) is 0 Å². The summed E-state index contributed by atoms with van der Waals surface area (Å²) in [7, 11) is -0.511. The van der Waals surface area contributed by atoms with Crippen LogP contribution in [0.4, 0.5) is 0 Å². The molecule has 0 saturated carbocycles. The van der Waals surface area contributed by atoms with E-state index in [1.807, 2.05) is 13.8 Å². The Kier molecular flexibility index (Phi) is 4.87. The molecular weight excluding hydrogens is 139 g/mol. The van der Waals surface area contributed by atoms with E-state index >= 15 is 0 Å². The van der Waals surface area contributed by atoms with Crippen molar-refractivity contribution < 1.29 is 13.6 Å². The topological polar surface area (TPSA) is 35.5 Å². The van der Waals surface area contributed by atoms with Crippen LogP contribution in [-0.2, 0) is 13.6 Å². The normalized spacial score (nSPS) is 15.2. The van der Waals surface area contributed by atoms with Gasteiger partial charge in [0.25, 0.3) is 0 Å². The Morgan fingerprint density at radius 1 is 1.67 bits per heavy atom. The van der Waals surface area contributed by atoms with E-state index in [2.05, 4.69) is 4.52 Å². The lowest BCUT2D eigenvalue weighted by atomic mass is 10.3. The molecule has 0 bridgehead atoms. The summed E-state index contributed by atoms with van der Waals surface area (Å²) >= 11 is 0. The first-order valence-corrected chi connectivity index (χ1v) is 3.98. The number of hydrogen-bond acceptors (Lipinski definition) is 3. The van der Waals surface area contributed by atoms with Gasteiger partial charge in [-0.2, -0.15) is 0 Å². The first-order valence-electron chi connectivity index (χ1n) is 2.88. The van der Waals surface area contributed by atoms with Crippen molar-refractivity contribution in [2.45, 2.75) is 26.4 Å². The Morgan fingerprint density at radius 2 is 2.22 bits per heavy atom. The molecule has 0 rings (SSSR count). The summed E-state index contributed by atoms with van der Waals surface area (Å²) in [6.07, 6.45) is 0.873. The third-order valence-corrected chi connectivity index (χ3v) is 1.82. The summed E-state index contributed by atoms with van der Waals surface area (Å²) in [6, 6.07) is 0. The average Bonchev–Trinajstić information content (AvgIpc) is 1.87. The predicted molar refractivity (Wildman–Crippen MR) is 35.5 cm³/mol. The summed E-state index contributed by atoms with van der Waals surface area (Å²) < 4.78 is 19.7. The van der Waals surface area contributed by atoms with Gasteiger partial charge in [0.2, 0.25) is 0 Å². The van der Waals surface area contributed by atoms with E-state index in [0.29, 0.717) is 0 Å². The third kappa shape index (κ3) is 4.52. The van der Waals surface area contributed by atoms with Gasteiger partial charge in [-0.15, -0.1) is 9.05 Å². The highest BCUT2D eigenvalue weighted by Gasteiger charge is 2.20. The van der Waals surface area contributed by atoms with Crippen molar-refractivity contribution >= 4 is 8.25 Å². The molecule has 0 N–H and O–H groups in total. The third-order valence-electron chi connectivity index (χ3n) is 0.990. The van der Waals surface area contributed by atoms with E-state index in [4.69, 9.17) is 4.52 Å². The van der Waals surface area contributed by atoms with Crippen molar-refractivity contribution in [3.8, 4) is 0 Å². The molecule has 1 unspecified atom stereocenters. The Labute approximate surface area is 56.3 Å². The highest BCUT2D eigenvalue weighted by molar-refractivity contribution is 7.33. The molecule has 0 aliphatic rings. The molecule has 2 atom stereocenters. The van der Waals surface area contributed by atoms with Gasteiger partial charge in [-0.25, -0.2) is 0 Å². The van der Waals surface area contributed by atoms with Gasteiger partial charge >= 0.3 is 8.25 Å². The fourth-order valence-corrected chi connectivity index (χ4v) is 0.793. The highest BCUT2D eigenvalue weighted by Crippen LogP contribution is 2.24. The van der Waals surface area contributed by atoms with Crippen LogP contribution in [0.3, 0.4) is 0 Å². The van der Waals surface area contributed by atoms with E-state index in [1.165, 1.54) is 7.11 Å². The molecule has 0 aromatic heterocycles. The molecule has 9 heavy (non-hydrogen) atoms. The van der Waals surface area contributed by atoms with Crippen molar-refractivity contribution in [3.05, 3.63) is 0 Å². The Hall–Kier alpha value is 0.0200. The zero-order valence-electron chi connectivity index (χ0n) is 5.96. The van der Waals surface area contributed by atoms with Crippen molar-refractivity contribution in [3.63, 3.8) is 0 Å². The van der Waals surface area contributed by atoms with E-state index < -0.39 is 8.25 Å². The van der Waals surface area contributed by atoms with Crippen molar-refractivity contribution in [2.24, 2.45) is 0 Å². The first-order chi connectivity index (χ1) is 4.20. The van der Waals surface area contributed by atoms with E-state index in [9.17, 15) is 4.57 Å². The van der Waals surface area contributed by atoms with Crippen LogP contribution in [-0.4, -0.2) is 13.2 Å². The van der Waals surface area contributed by atoms with Gasteiger partial charge in [-0.1, -0.05) is 6.92 Å². The van der Waals surface area contributed by atoms with Gasteiger partial charge in [0.15, 0.2) is 0 Å². The van der Waals surface area contributed by atoms with Crippen LogP contribution < -0.4 is 0 Å². The number of hydrogen-bond donors (Lipinski definition) is 0. The molecular formula is C5H12O3P+. The van der Waals surface area contributed by atoms with Crippen molar-refractivity contribution in [1.29, 1.82) is 0 Å². The van der Waals surface area contributed by atoms with Gasteiger partial charge in [-0.05, 0) is 13.3 Å². The second kappa shape index (κ2) is 4.86. The maximum absolute atomic E-state index is 10.5. The summed E-state index contributed by atoms with van der Waals surface area (Å²) in [6.45, 7) is 3.82. The molecule has 4 heteroatoms. The number of rotatable bonds is 4. The molecule has 0 aromatic carbocycles. The molecule has 0 fully saturated rings. The lowest BCUT2D eigenvalue weighted by Crippen LogP contribution is -1.99. The molecule has 0 radical (unpaired) electrons. The maximum atomic E-state index is 10.5. The summed E-state index contributed by atoms with van der Waals surface area (Å²) in [5.74, 6) is 0. The van der Waals surface area contributed by atoms with Crippen molar-refractivity contribution in [1.82, 2.24) is 0 Å². The molecule has 54 valence electrons. The minimum absolute atomic E-state index is 0.0218. The molecule has 0 spiro atoms. The summed E-state index contributed by atoms with van der Waals surface area (Å²) in [5, 5.41) is 0. The highest BCUT2D eigenvalue weighted by atomic mass is 31.1. The second-order valence-corrected chi connectivity index (χ2v) is 2.75. The Morgan fingerprint density at radius 3 is 2.56 bits per heavy atom. The molecule has 3 nitrogen and oxygen atoms in total. The molecule has 0 heterocycles. The standard InChI is InChI=1S/C5H12O3P/c1-4-5(2)8-9(6)7-3/h5H,4H2,1-3H3/q+1/t5-/m0/s1. The van der Waals surface area contributed by atoms with Crippen LogP contribution in [0.5, 0.6) is 0 Å². The largest absolute Gasteiger partial charge is 0.697 e. The minimum Gasteiger partial charge on any atom is -0.122 e. The fraction of sp³-hybridized carbons (Fsp3) is 1.00. The minimum atomic E-state index is -1.87. The van der Waals surface area contributed by atoms with Gasteiger partial charge in [0.1, 0.15) is 6.10 Å². The van der Waals surface area contributed by atoms with Crippen LogP contribution >= 0.6 is 8.25 Å². The average molecular weight is 151 g/mol.